The highest BCUT2D eigenvalue weighted by Gasteiger charge is 2.09. The maximum absolute atomic E-state index is 11.6. The zero-order valence-electron chi connectivity index (χ0n) is 10.2. The summed E-state index contributed by atoms with van der Waals surface area (Å²) in [7, 11) is 4.68. The van der Waals surface area contributed by atoms with E-state index in [2.05, 4.69) is 5.32 Å². The topological polar surface area (TPSA) is 76.8 Å². The summed E-state index contributed by atoms with van der Waals surface area (Å²) in [6.45, 7) is 0.129. The van der Waals surface area contributed by atoms with Crippen LogP contribution in [0.2, 0.25) is 0 Å². The number of nitrogens with one attached hydrogen (secondary N) is 1. The lowest BCUT2D eigenvalue weighted by Gasteiger charge is -2.14. The molecule has 0 aliphatic rings. The van der Waals surface area contributed by atoms with E-state index in [0.29, 0.717) is 17.1 Å². The SMILES string of the molecule is COc1cc(N)ccc1NC(=O)CN(C)OC. The zero-order chi connectivity index (χ0) is 12.8. The highest BCUT2D eigenvalue weighted by molar-refractivity contribution is 5.93. The van der Waals surface area contributed by atoms with Crippen LogP contribution >= 0.6 is 0 Å². The highest BCUT2D eigenvalue weighted by atomic mass is 16.7. The maximum Gasteiger partial charge on any atom is 0.241 e. The molecule has 1 amide bonds. The second-order valence-corrected chi connectivity index (χ2v) is 3.48. The first-order valence-corrected chi connectivity index (χ1v) is 5.05. The van der Waals surface area contributed by atoms with Crippen LogP contribution in [0.1, 0.15) is 0 Å². The van der Waals surface area contributed by atoms with Gasteiger partial charge in [0.25, 0.3) is 0 Å². The fourth-order valence-corrected chi connectivity index (χ4v) is 1.27. The van der Waals surface area contributed by atoms with Crippen LogP contribution in [-0.2, 0) is 9.63 Å². The molecule has 6 nitrogen and oxygen atoms in total. The molecule has 0 fully saturated rings. The van der Waals surface area contributed by atoms with E-state index in [-0.39, 0.29) is 12.5 Å². The first-order chi connectivity index (χ1) is 8.06. The maximum atomic E-state index is 11.6. The van der Waals surface area contributed by atoms with Crippen molar-refractivity contribution in [2.75, 3.05) is 38.9 Å². The lowest BCUT2D eigenvalue weighted by Crippen LogP contribution is -2.29. The quantitative estimate of drug-likeness (QED) is 0.584. The van der Waals surface area contributed by atoms with Gasteiger partial charge in [-0.25, -0.2) is 0 Å². The fourth-order valence-electron chi connectivity index (χ4n) is 1.27. The number of amides is 1. The number of carbonyl (C=O) groups excluding carboxylic acids is 1. The molecule has 0 aromatic heterocycles. The third-order valence-electron chi connectivity index (χ3n) is 2.18. The molecule has 0 saturated carbocycles. The van der Waals surface area contributed by atoms with Gasteiger partial charge in [-0.2, -0.15) is 5.06 Å². The molecular formula is C11H17N3O3. The normalized spacial score (nSPS) is 10.4. The van der Waals surface area contributed by atoms with Crippen molar-refractivity contribution in [3.8, 4) is 5.75 Å². The molecule has 0 aliphatic heterocycles. The van der Waals surface area contributed by atoms with Crippen LogP contribution in [-0.4, -0.2) is 38.8 Å². The summed E-state index contributed by atoms with van der Waals surface area (Å²) in [6, 6.07) is 5.03. The summed E-state index contributed by atoms with van der Waals surface area (Å²) in [4.78, 5) is 16.5. The second kappa shape index (κ2) is 6.07. The lowest BCUT2D eigenvalue weighted by atomic mass is 10.2. The molecule has 6 heteroatoms. The van der Waals surface area contributed by atoms with Gasteiger partial charge in [0.15, 0.2) is 0 Å². The minimum Gasteiger partial charge on any atom is -0.494 e. The van der Waals surface area contributed by atoms with Crippen molar-refractivity contribution < 1.29 is 14.4 Å². The number of hydrogen-bond acceptors (Lipinski definition) is 5. The molecule has 0 bridgehead atoms. The van der Waals surface area contributed by atoms with Crippen LogP contribution in [0.3, 0.4) is 0 Å². The monoisotopic (exact) mass is 239 g/mol. The van der Waals surface area contributed by atoms with Crippen LogP contribution < -0.4 is 15.8 Å². The van der Waals surface area contributed by atoms with Gasteiger partial charge in [-0.05, 0) is 12.1 Å². The summed E-state index contributed by atoms with van der Waals surface area (Å²) in [6.07, 6.45) is 0. The zero-order valence-corrected chi connectivity index (χ0v) is 10.2. The van der Waals surface area contributed by atoms with E-state index in [0.717, 1.165) is 0 Å². The minimum absolute atomic E-state index is 0.129. The van der Waals surface area contributed by atoms with Gasteiger partial charge < -0.3 is 20.6 Å². The van der Waals surface area contributed by atoms with E-state index < -0.39 is 0 Å². The molecule has 17 heavy (non-hydrogen) atoms. The molecule has 0 radical (unpaired) electrons. The van der Waals surface area contributed by atoms with Crippen molar-refractivity contribution in [1.29, 1.82) is 0 Å². The smallest absolute Gasteiger partial charge is 0.241 e. The van der Waals surface area contributed by atoms with Gasteiger partial charge in [0, 0.05) is 18.8 Å². The molecule has 3 N–H and O–H groups in total. The molecule has 0 spiro atoms. The van der Waals surface area contributed by atoms with Crippen molar-refractivity contribution in [2.45, 2.75) is 0 Å². The molecule has 0 atom stereocenters. The Morgan fingerprint density at radius 2 is 2.18 bits per heavy atom. The van der Waals surface area contributed by atoms with Gasteiger partial charge in [0.2, 0.25) is 5.91 Å². The van der Waals surface area contributed by atoms with Gasteiger partial charge in [-0.15, -0.1) is 0 Å². The third kappa shape index (κ3) is 3.93. The molecule has 94 valence electrons. The van der Waals surface area contributed by atoms with Crippen LogP contribution in [0.15, 0.2) is 18.2 Å². The van der Waals surface area contributed by atoms with Crippen LogP contribution in [0.5, 0.6) is 5.75 Å². The number of anilines is 2. The number of hydrogen-bond donors (Lipinski definition) is 2. The molecule has 0 heterocycles. The summed E-state index contributed by atoms with van der Waals surface area (Å²) >= 11 is 0. The van der Waals surface area contributed by atoms with Crippen molar-refractivity contribution in [2.24, 2.45) is 0 Å². The van der Waals surface area contributed by atoms with E-state index in [1.54, 1.807) is 25.2 Å². The van der Waals surface area contributed by atoms with Crippen LogP contribution in [0.4, 0.5) is 11.4 Å². The number of benzene rings is 1. The van der Waals surface area contributed by atoms with E-state index in [1.165, 1.54) is 19.3 Å². The number of methoxy groups -OCH3 is 1. The number of ether oxygens (including phenoxy) is 1. The number of rotatable bonds is 5. The Kier molecular flexibility index (Phi) is 4.74. The van der Waals surface area contributed by atoms with Gasteiger partial charge in [0.05, 0.1) is 19.9 Å². The number of hydroxylamine groups is 2. The largest absolute Gasteiger partial charge is 0.494 e. The lowest BCUT2D eigenvalue weighted by molar-refractivity contribution is -0.137. The summed E-state index contributed by atoms with van der Waals surface area (Å²) in [5.74, 6) is 0.329. The van der Waals surface area contributed by atoms with E-state index in [1.807, 2.05) is 0 Å². The molecule has 1 aromatic carbocycles. The van der Waals surface area contributed by atoms with Crippen molar-refractivity contribution >= 4 is 17.3 Å². The Balaban J connectivity index is 2.71. The predicted octanol–water partition coefficient (Wildman–Crippen LogP) is 0.709. The fraction of sp³-hybridized carbons (Fsp3) is 0.364. The predicted molar refractivity (Wildman–Crippen MR) is 65.7 cm³/mol. The van der Waals surface area contributed by atoms with Gasteiger partial charge in [-0.3, -0.25) is 4.79 Å². The molecular weight excluding hydrogens is 222 g/mol. The van der Waals surface area contributed by atoms with E-state index in [4.69, 9.17) is 15.3 Å². The number of carbonyl (C=O) groups is 1. The Bertz CT molecular complexity index is 396. The Morgan fingerprint density at radius 3 is 2.76 bits per heavy atom. The number of nitrogens with two attached hydrogens (primary N) is 1. The van der Waals surface area contributed by atoms with Gasteiger partial charge in [-0.1, -0.05) is 0 Å². The summed E-state index contributed by atoms with van der Waals surface area (Å²) < 4.78 is 5.12. The standard InChI is InChI=1S/C11H17N3O3/c1-14(17-3)7-11(15)13-9-5-4-8(12)6-10(9)16-2/h4-6H,7,12H2,1-3H3,(H,13,15). The Morgan fingerprint density at radius 1 is 1.47 bits per heavy atom. The molecule has 1 aromatic rings. The first-order valence-electron chi connectivity index (χ1n) is 5.05. The number of nitrogens with zero attached hydrogens (tertiary/aromatic N) is 1. The minimum atomic E-state index is -0.197. The summed E-state index contributed by atoms with van der Waals surface area (Å²) in [5.41, 5.74) is 6.77. The molecule has 1 rings (SSSR count). The van der Waals surface area contributed by atoms with Gasteiger partial charge >= 0.3 is 0 Å². The van der Waals surface area contributed by atoms with E-state index >= 15 is 0 Å². The van der Waals surface area contributed by atoms with Crippen molar-refractivity contribution in [1.82, 2.24) is 5.06 Å². The molecule has 0 aliphatic carbocycles. The number of likely N-dealkylation sites (N-methyl/N-ethyl adjacent to an activating group) is 1. The number of nitrogen functional groups attached to an aromatic ring is 1. The Labute approximate surface area is 100 Å². The van der Waals surface area contributed by atoms with Gasteiger partial charge in [0.1, 0.15) is 12.3 Å². The summed E-state index contributed by atoms with van der Waals surface area (Å²) in [5, 5.41) is 4.13. The second-order valence-electron chi connectivity index (χ2n) is 3.48. The first kappa shape index (κ1) is 13.3. The molecule has 0 unspecified atom stereocenters. The van der Waals surface area contributed by atoms with Crippen LogP contribution in [0, 0.1) is 0 Å². The average molecular weight is 239 g/mol. The molecule has 0 saturated heterocycles. The van der Waals surface area contributed by atoms with Crippen molar-refractivity contribution in [3.05, 3.63) is 18.2 Å². The van der Waals surface area contributed by atoms with E-state index in [9.17, 15) is 4.79 Å². The highest BCUT2D eigenvalue weighted by Crippen LogP contribution is 2.26. The third-order valence-corrected chi connectivity index (χ3v) is 2.18. The Hall–Kier alpha value is -1.79. The van der Waals surface area contributed by atoms with Crippen LogP contribution in [0.25, 0.3) is 0 Å². The average Bonchev–Trinajstić information content (AvgIpc) is 2.31. The van der Waals surface area contributed by atoms with Crippen molar-refractivity contribution in [3.63, 3.8) is 0 Å².